The van der Waals surface area contributed by atoms with Crippen molar-refractivity contribution in [3.63, 3.8) is 0 Å². The van der Waals surface area contributed by atoms with Gasteiger partial charge in [0.15, 0.2) is 0 Å². The van der Waals surface area contributed by atoms with Crippen molar-refractivity contribution in [2.45, 2.75) is 25.4 Å². The number of carbonyl (C=O) groups is 1. The summed E-state index contributed by atoms with van der Waals surface area (Å²) >= 11 is 0. The quantitative estimate of drug-likeness (QED) is 0.715. The molecular weight excluding hydrogens is 336 g/mol. The fourth-order valence-electron chi connectivity index (χ4n) is 3.96. The lowest BCUT2D eigenvalue weighted by molar-refractivity contribution is 0.0636. The highest BCUT2D eigenvalue weighted by molar-refractivity contribution is 5.93. The van der Waals surface area contributed by atoms with Gasteiger partial charge in [-0.15, -0.1) is 0 Å². The van der Waals surface area contributed by atoms with Crippen LogP contribution in [-0.4, -0.2) is 51.7 Å². The number of amides is 1. The molecule has 27 heavy (non-hydrogen) atoms. The molecule has 2 aromatic carbocycles. The van der Waals surface area contributed by atoms with E-state index in [0.717, 1.165) is 32.5 Å². The van der Waals surface area contributed by atoms with Crippen LogP contribution in [0.1, 0.15) is 28.8 Å². The van der Waals surface area contributed by atoms with Gasteiger partial charge in [0, 0.05) is 46.0 Å². The summed E-state index contributed by atoms with van der Waals surface area (Å²) in [6.45, 7) is 3.00. The van der Waals surface area contributed by atoms with Gasteiger partial charge in [-0.05, 0) is 35.2 Å². The van der Waals surface area contributed by atoms with Gasteiger partial charge in [0.2, 0.25) is 0 Å². The van der Waals surface area contributed by atoms with Crippen LogP contribution in [0.2, 0.25) is 0 Å². The predicted octanol–water partition coefficient (Wildman–Crippen LogP) is 3.31. The number of piperidine rings is 1. The molecule has 1 aliphatic rings. The minimum atomic E-state index is 0.0658. The molecule has 1 fully saturated rings. The Morgan fingerprint density at radius 3 is 2.59 bits per heavy atom. The first-order valence-electron chi connectivity index (χ1n) is 9.56. The van der Waals surface area contributed by atoms with E-state index >= 15 is 0 Å². The molecule has 1 amide bonds. The van der Waals surface area contributed by atoms with Gasteiger partial charge in [-0.25, -0.2) is 0 Å². The van der Waals surface area contributed by atoms with Crippen LogP contribution in [-0.2, 0) is 13.6 Å². The van der Waals surface area contributed by atoms with Gasteiger partial charge in [-0.2, -0.15) is 5.10 Å². The molecule has 2 heterocycles. The van der Waals surface area contributed by atoms with Gasteiger partial charge < -0.3 is 4.90 Å². The summed E-state index contributed by atoms with van der Waals surface area (Å²) in [5, 5.41) is 6.69. The van der Waals surface area contributed by atoms with Crippen LogP contribution in [0.4, 0.5) is 0 Å². The molecule has 0 atom stereocenters. The summed E-state index contributed by atoms with van der Waals surface area (Å²) in [5.41, 5.74) is 2.02. The summed E-state index contributed by atoms with van der Waals surface area (Å²) in [4.78, 5) is 17.0. The number of hydrogen-bond donors (Lipinski definition) is 0. The monoisotopic (exact) mass is 362 g/mol. The van der Waals surface area contributed by atoms with Crippen molar-refractivity contribution in [3.05, 3.63) is 66.0 Å². The number of benzene rings is 2. The van der Waals surface area contributed by atoms with E-state index < -0.39 is 0 Å². The van der Waals surface area contributed by atoms with Crippen molar-refractivity contribution in [1.82, 2.24) is 19.6 Å². The second-order valence-corrected chi connectivity index (χ2v) is 7.51. The minimum Gasteiger partial charge on any atom is -0.339 e. The lowest BCUT2D eigenvalue weighted by Crippen LogP contribution is -2.45. The fourth-order valence-corrected chi connectivity index (χ4v) is 3.96. The zero-order chi connectivity index (χ0) is 18.8. The third kappa shape index (κ3) is 3.88. The summed E-state index contributed by atoms with van der Waals surface area (Å²) in [7, 11) is 3.75. The molecule has 140 valence electrons. The van der Waals surface area contributed by atoms with Gasteiger partial charge in [-0.3, -0.25) is 14.4 Å². The zero-order valence-electron chi connectivity index (χ0n) is 16.0. The van der Waals surface area contributed by atoms with Gasteiger partial charge in [0.1, 0.15) is 0 Å². The van der Waals surface area contributed by atoms with E-state index in [1.54, 1.807) is 17.1 Å². The standard InChI is InChI=1S/C22H26N4O/c1-24-16-20(14-23-24)22(27)25(2)21-9-11-26(12-10-21)15-17-7-8-18-5-3-4-6-19(18)13-17/h3-8,13-14,16,21H,9-12,15H2,1-2H3. The van der Waals surface area contributed by atoms with Crippen molar-refractivity contribution >= 4 is 16.7 Å². The van der Waals surface area contributed by atoms with E-state index in [0.29, 0.717) is 11.6 Å². The molecule has 0 spiro atoms. The first kappa shape index (κ1) is 17.7. The average molecular weight is 362 g/mol. The van der Waals surface area contributed by atoms with E-state index in [2.05, 4.69) is 52.5 Å². The van der Waals surface area contributed by atoms with Gasteiger partial charge in [0.25, 0.3) is 5.91 Å². The Kier molecular flexibility index (Phi) is 4.94. The Labute approximate surface area is 160 Å². The number of rotatable bonds is 4. The molecule has 0 radical (unpaired) electrons. The van der Waals surface area contributed by atoms with Crippen molar-refractivity contribution in [2.75, 3.05) is 20.1 Å². The molecule has 5 nitrogen and oxygen atoms in total. The van der Waals surface area contributed by atoms with Crippen molar-refractivity contribution in [2.24, 2.45) is 7.05 Å². The van der Waals surface area contributed by atoms with Crippen molar-refractivity contribution in [3.8, 4) is 0 Å². The zero-order valence-corrected chi connectivity index (χ0v) is 16.0. The second kappa shape index (κ2) is 7.53. The summed E-state index contributed by atoms with van der Waals surface area (Å²) in [6, 6.07) is 15.5. The average Bonchev–Trinajstić information content (AvgIpc) is 3.14. The van der Waals surface area contributed by atoms with Crippen LogP contribution < -0.4 is 0 Å². The first-order valence-corrected chi connectivity index (χ1v) is 9.56. The third-order valence-corrected chi connectivity index (χ3v) is 5.60. The second-order valence-electron chi connectivity index (χ2n) is 7.51. The Hall–Kier alpha value is -2.66. The van der Waals surface area contributed by atoms with E-state index in [4.69, 9.17) is 0 Å². The maximum absolute atomic E-state index is 12.6. The molecule has 0 aliphatic carbocycles. The molecular formula is C22H26N4O. The molecule has 0 unspecified atom stereocenters. The predicted molar refractivity (Wildman–Crippen MR) is 108 cm³/mol. The molecule has 0 bridgehead atoms. The van der Waals surface area contributed by atoms with Crippen LogP contribution in [0.5, 0.6) is 0 Å². The Balaban J connectivity index is 1.34. The van der Waals surface area contributed by atoms with Crippen LogP contribution in [0, 0.1) is 0 Å². The Morgan fingerprint density at radius 2 is 1.89 bits per heavy atom. The summed E-state index contributed by atoms with van der Waals surface area (Å²) < 4.78 is 1.67. The van der Waals surface area contributed by atoms with Crippen LogP contribution in [0.15, 0.2) is 54.9 Å². The normalized spacial score (nSPS) is 15.9. The lowest BCUT2D eigenvalue weighted by atomic mass is 10.0. The number of fused-ring (bicyclic) bond motifs is 1. The molecule has 4 rings (SSSR count). The van der Waals surface area contributed by atoms with Crippen molar-refractivity contribution < 1.29 is 4.79 Å². The molecule has 0 N–H and O–H groups in total. The molecule has 1 aromatic heterocycles. The third-order valence-electron chi connectivity index (χ3n) is 5.60. The van der Waals surface area contributed by atoms with Gasteiger partial charge in [0.05, 0.1) is 11.8 Å². The number of hydrogen-bond acceptors (Lipinski definition) is 3. The van der Waals surface area contributed by atoms with Crippen LogP contribution >= 0.6 is 0 Å². The highest BCUT2D eigenvalue weighted by atomic mass is 16.2. The fraction of sp³-hybridized carbons (Fsp3) is 0.364. The SMILES string of the molecule is CN(C(=O)c1cnn(C)c1)C1CCN(Cc2ccc3ccccc3c2)CC1. The Bertz CT molecular complexity index is 940. The molecule has 0 saturated carbocycles. The van der Waals surface area contributed by atoms with E-state index in [1.165, 1.54) is 16.3 Å². The molecule has 1 saturated heterocycles. The minimum absolute atomic E-state index is 0.0658. The number of nitrogens with zero attached hydrogens (tertiary/aromatic N) is 4. The van der Waals surface area contributed by atoms with Crippen molar-refractivity contribution in [1.29, 1.82) is 0 Å². The summed E-state index contributed by atoms with van der Waals surface area (Å²) in [5.74, 6) is 0.0658. The first-order chi connectivity index (χ1) is 13.1. The number of aromatic nitrogens is 2. The van der Waals surface area contributed by atoms with Gasteiger partial charge in [-0.1, -0.05) is 36.4 Å². The highest BCUT2D eigenvalue weighted by Crippen LogP contribution is 2.21. The van der Waals surface area contributed by atoms with Crippen LogP contribution in [0.25, 0.3) is 10.8 Å². The van der Waals surface area contributed by atoms with E-state index in [1.807, 2.05) is 19.0 Å². The Morgan fingerprint density at radius 1 is 1.15 bits per heavy atom. The number of carbonyl (C=O) groups excluding carboxylic acids is 1. The number of likely N-dealkylation sites (tertiary alicyclic amines) is 1. The van der Waals surface area contributed by atoms with E-state index in [-0.39, 0.29) is 5.91 Å². The highest BCUT2D eigenvalue weighted by Gasteiger charge is 2.26. The van der Waals surface area contributed by atoms with Gasteiger partial charge >= 0.3 is 0 Å². The maximum Gasteiger partial charge on any atom is 0.257 e. The smallest absolute Gasteiger partial charge is 0.257 e. The molecule has 3 aromatic rings. The maximum atomic E-state index is 12.6. The van der Waals surface area contributed by atoms with E-state index in [9.17, 15) is 4.79 Å². The summed E-state index contributed by atoms with van der Waals surface area (Å²) in [6.07, 6.45) is 5.45. The largest absolute Gasteiger partial charge is 0.339 e. The molecule has 5 heteroatoms. The molecule has 1 aliphatic heterocycles. The number of aryl methyl sites for hydroxylation is 1. The topological polar surface area (TPSA) is 41.4 Å². The van der Waals surface area contributed by atoms with Crippen LogP contribution in [0.3, 0.4) is 0 Å². The lowest BCUT2D eigenvalue weighted by Gasteiger charge is -2.36.